The number of halogens is 1. The van der Waals surface area contributed by atoms with E-state index in [-0.39, 0.29) is 5.92 Å². The highest BCUT2D eigenvalue weighted by Crippen LogP contribution is 2.46. The van der Waals surface area contributed by atoms with Crippen molar-refractivity contribution in [1.82, 2.24) is 4.72 Å². The van der Waals surface area contributed by atoms with Gasteiger partial charge < -0.3 is 19.1 Å². The molecule has 4 aliphatic rings. The number of nitrogens with one attached hydrogen (secondary N) is 1. The molecule has 5 atom stereocenters. The number of carbonyl (C=O) groups is 1. The van der Waals surface area contributed by atoms with Crippen molar-refractivity contribution >= 4 is 33.2 Å². The Hall–Kier alpha value is -2.59. The first-order valence-corrected chi connectivity index (χ1v) is 19.7. The summed E-state index contributed by atoms with van der Waals surface area (Å²) in [6, 6.07) is 11.3. The van der Waals surface area contributed by atoms with E-state index >= 15 is 0 Å². The van der Waals surface area contributed by atoms with Gasteiger partial charge in [0, 0.05) is 36.9 Å². The van der Waals surface area contributed by atoms with Gasteiger partial charge in [0.25, 0.3) is 5.91 Å². The van der Waals surface area contributed by atoms with Crippen molar-refractivity contribution in [2.75, 3.05) is 37.8 Å². The van der Waals surface area contributed by atoms with Gasteiger partial charge in [-0.3, -0.25) is 4.79 Å². The Morgan fingerprint density at radius 3 is 2.62 bits per heavy atom. The molecule has 48 heavy (non-hydrogen) atoms. The molecule has 0 aromatic heterocycles. The summed E-state index contributed by atoms with van der Waals surface area (Å²) in [5.41, 5.74) is 2.92. The Labute approximate surface area is 291 Å². The smallest absolute Gasteiger partial charge is 0.264 e. The van der Waals surface area contributed by atoms with Crippen molar-refractivity contribution < 1.29 is 27.4 Å². The van der Waals surface area contributed by atoms with Gasteiger partial charge in [-0.15, -0.1) is 0 Å². The van der Waals surface area contributed by atoms with Gasteiger partial charge in [0.05, 0.1) is 23.1 Å². The lowest BCUT2D eigenvalue weighted by molar-refractivity contribution is -0.105. The maximum Gasteiger partial charge on any atom is 0.264 e. The maximum absolute atomic E-state index is 13.5. The number of carbonyl (C=O) groups excluding carboxylic acids is 1. The molecule has 2 aromatic carbocycles. The van der Waals surface area contributed by atoms with E-state index in [1.165, 1.54) is 5.56 Å². The fourth-order valence-electron chi connectivity index (χ4n) is 7.69. The summed E-state index contributed by atoms with van der Waals surface area (Å²) in [4.78, 5) is 15.9. The largest absolute Gasteiger partial charge is 0.487 e. The number of anilines is 1. The fourth-order valence-corrected chi connectivity index (χ4v) is 9.17. The average Bonchev–Trinajstić information content (AvgIpc) is 3.08. The predicted molar refractivity (Wildman–Crippen MR) is 190 cm³/mol. The van der Waals surface area contributed by atoms with Crippen LogP contribution in [0.15, 0.2) is 48.6 Å². The zero-order valence-corrected chi connectivity index (χ0v) is 30.2. The number of fused-ring (bicyclic) bond motifs is 3. The number of benzene rings is 2. The van der Waals surface area contributed by atoms with E-state index in [0.717, 1.165) is 87.5 Å². The van der Waals surface area contributed by atoms with Crippen LogP contribution in [-0.4, -0.2) is 58.1 Å². The predicted octanol–water partition coefficient (Wildman–Crippen LogP) is 7.33. The first-order chi connectivity index (χ1) is 23.0. The van der Waals surface area contributed by atoms with E-state index in [2.05, 4.69) is 28.7 Å². The van der Waals surface area contributed by atoms with Gasteiger partial charge in [-0.05, 0) is 130 Å². The van der Waals surface area contributed by atoms with Gasteiger partial charge in [0.2, 0.25) is 10.0 Å². The molecule has 1 N–H and O–H groups in total. The van der Waals surface area contributed by atoms with Gasteiger partial charge in [0.15, 0.2) is 0 Å². The van der Waals surface area contributed by atoms with Crippen molar-refractivity contribution in [1.29, 1.82) is 0 Å². The number of allylic oxidation sites excluding steroid dienone is 1. The molecule has 3 aliphatic heterocycles. The van der Waals surface area contributed by atoms with E-state index < -0.39 is 26.8 Å². The third kappa shape index (κ3) is 8.06. The number of hydrogen-bond donors (Lipinski definition) is 1. The topological polar surface area (TPSA) is 94.2 Å². The molecule has 0 unspecified atom stereocenters. The average molecular weight is 699 g/mol. The minimum absolute atomic E-state index is 0.203. The Kier molecular flexibility index (Phi) is 11.1. The highest BCUT2D eigenvalue weighted by Gasteiger charge is 2.45. The summed E-state index contributed by atoms with van der Waals surface area (Å²) >= 11 is 6.37. The van der Waals surface area contributed by atoms with Crippen LogP contribution in [0.1, 0.15) is 87.2 Å². The molecule has 1 saturated heterocycles. The quantitative estimate of drug-likeness (QED) is 0.336. The molecule has 0 spiro atoms. The lowest BCUT2D eigenvalue weighted by Gasteiger charge is -2.49. The second kappa shape index (κ2) is 15.1. The molecule has 262 valence electrons. The van der Waals surface area contributed by atoms with Crippen LogP contribution in [0.5, 0.6) is 5.75 Å². The highest BCUT2D eigenvalue weighted by atomic mass is 35.5. The second-order valence-corrected chi connectivity index (χ2v) is 17.1. The fraction of sp³-hybridized carbons (Fsp3) is 0.605. The molecule has 1 amide bonds. The minimum Gasteiger partial charge on any atom is -0.487 e. The van der Waals surface area contributed by atoms with Crippen LogP contribution >= 0.6 is 11.6 Å². The number of rotatable bonds is 3. The summed E-state index contributed by atoms with van der Waals surface area (Å²) in [6.07, 6.45) is 11.9. The lowest BCUT2D eigenvalue weighted by Crippen LogP contribution is -2.50. The lowest BCUT2D eigenvalue weighted by atomic mass is 9.64. The van der Waals surface area contributed by atoms with Gasteiger partial charge in [0.1, 0.15) is 12.4 Å². The molecular weight excluding hydrogens is 648 g/mol. The molecule has 6 rings (SSSR count). The van der Waals surface area contributed by atoms with E-state index in [1.807, 2.05) is 37.3 Å². The molecule has 8 nitrogen and oxygen atoms in total. The van der Waals surface area contributed by atoms with E-state index in [0.29, 0.717) is 48.7 Å². The number of ether oxygens (including phenoxy) is 3. The summed E-state index contributed by atoms with van der Waals surface area (Å²) < 4.78 is 48.3. The molecule has 2 aromatic rings. The van der Waals surface area contributed by atoms with Crippen LogP contribution in [-0.2, 0) is 32.5 Å². The van der Waals surface area contributed by atoms with Crippen molar-refractivity contribution in [2.24, 2.45) is 23.7 Å². The Balaban J connectivity index is 1.36. The third-order valence-corrected chi connectivity index (χ3v) is 13.4. The first kappa shape index (κ1) is 35.2. The molecule has 2 bridgehead atoms. The van der Waals surface area contributed by atoms with Crippen LogP contribution in [0.3, 0.4) is 0 Å². The first-order valence-electron chi connectivity index (χ1n) is 17.8. The molecule has 0 radical (unpaired) electrons. The van der Waals surface area contributed by atoms with Crippen molar-refractivity contribution in [2.45, 2.75) is 89.6 Å². The van der Waals surface area contributed by atoms with E-state index in [9.17, 15) is 13.2 Å². The van der Waals surface area contributed by atoms with Crippen molar-refractivity contribution in [3.63, 3.8) is 0 Å². The third-order valence-electron chi connectivity index (χ3n) is 11.3. The van der Waals surface area contributed by atoms with Crippen molar-refractivity contribution in [3.8, 4) is 5.75 Å². The van der Waals surface area contributed by atoms with Crippen LogP contribution < -0.4 is 14.4 Å². The van der Waals surface area contributed by atoms with Crippen molar-refractivity contribution in [3.05, 3.63) is 70.3 Å². The zero-order chi connectivity index (χ0) is 33.9. The number of sulfonamides is 1. The number of amides is 1. The molecule has 1 aliphatic carbocycles. The normalized spacial score (nSPS) is 30.8. The summed E-state index contributed by atoms with van der Waals surface area (Å²) in [6.45, 7) is 10.0. The minimum atomic E-state index is -3.93. The summed E-state index contributed by atoms with van der Waals surface area (Å²) in [5.74, 6) is 1.01. The number of nitrogens with zero attached hydrogens (tertiary/aromatic N) is 1. The zero-order valence-electron chi connectivity index (χ0n) is 28.6. The molecule has 1 saturated carbocycles. The summed E-state index contributed by atoms with van der Waals surface area (Å²) in [7, 11) is -3.93. The van der Waals surface area contributed by atoms with Gasteiger partial charge in [-0.1, -0.05) is 36.7 Å². The van der Waals surface area contributed by atoms with Crippen LogP contribution in [0, 0.1) is 23.7 Å². The molecular formula is C38H51ClN2O6S. The highest BCUT2D eigenvalue weighted by molar-refractivity contribution is 7.90. The monoisotopic (exact) mass is 698 g/mol. The van der Waals surface area contributed by atoms with Crippen LogP contribution in [0.25, 0.3) is 0 Å². The molecule has 2 fully saturated rings. The standard InChI is InChI=1S/C38H51ClN2O6S/c1-26-7-6-17-38(3,47-24-28-15-19-45-20-16-28)34-13-10-31(34)23-41-18-5-4-8-29-21-33(39)12-9-32(29)25-46-36-14-11-30(22-35(36)41)37(42)40-48(43,44)27(26)2/h6,9,11-12,14,17,21-22,26-28,31,34H,4-5,7-8,10,13,15-16,18-20,23-25H2,1-3H3,(H,40,42)/b17-6+/t26-,27+,31-,34+,38-/m0/s1. The van der Waals surface area contributed by atoms with E-state index in [1.54, 1.807) is 13.0 Å². The van der Waals surface area contributed by atoms with Crippen LogP contribution in [0.4, 0.5) is 5.69 Å². The molecule has 3 heterocycles. The Morgan fingerprint density at radius 2 is 1.85 bits per heavy atom. The van der Waals surface area contributed by atoms with Gasteiger partial charge in [-0.25, -0.2) is 13.1 Å². The maximum atomic E-state index is 13.5. The number of hydrogen-bond acceptors (Lipinski definition) is 7. The Bertz CT molecular complexity index is 1590. The Morgan fingerprint density at radius 1 is 1.04 bits per heavy atom. The van der Waals surface area contributed by atoms with Crippen LogP contribution in [0.2, 0.25) is 5.02 Å². The van der Waals surface area contributed by atoms with E-state index in [4.69, 9.17) is 25.8 Å². The SMILES string of the molecule is C[C@@H]1[C@@H](C)C/C=C/[C@](C)(OCC2CCOCC2)[C@@H]2CC[C@H]2CN2CCCCc3cc(Cl)ccc3COc3ccc(cc32)C(=O)NS1(=O)=O. The van der Waals surface area contributed by atoms with Gasteiger partial charge in [-0.2, -0.15) is 0 Å². The number of aryl methyl sites for hydroxylation is 1. The summed E-state index contributed by atoms with van der Waals surface area (Å²) in [5, 5.41) is -0.0466. The second-order valence-electron chi connectivity index (χ2n) is 14.6. The molecule has 10 heteroatoms. The van der Waals surface area contributed by atoms with Gasteiger partial charge >= 0.3 is 0 Å².